The van der Waals surface area contributed by atoms with Crippen LogP contribution in [0.1, 0.15) is 20.3 Å². The van der Waals surface area contributed by atoms with Gasteiger partial charge in [0.2, 0.25) is 5.91 Å². The van der Waals surface area contributed by atoms with E-state index in [1.54, 1.807) is 13.8 Å². The van der Waals surface area contributed by atoms with Crippen molar-refractivity contribution < 1.29 is 19.4 Å². The SMILES string of the molecule is C=CCC(=O)NC(C)(C)SOOO. The first-order chi connectivity index (χ1) is 6.02. The van der Waals surface area contributed by atoms with Crippen molar-refractivity contribution in [3.63, 3.8) is 0 Å². The second kappa shape index (κ2) is 5.98. The van der Waals surface area contributed by atoms with Gasteiger partial charge < -0.3 is 5.32 Å². The molecule has 0 unspecified atom stereocenters. The van der Waals surface area contributed by atoms with E-state index in [-0.39, 0.29) is 12.3 Å². The molecule has 0 rings (SSSR count). The molecule has 2 N–H and O–H groups in total. The van der Waals surface area contributed by atoms with Gasteiger partial charge in [-0.2, -0.15) is 0 Å². The van der Waals surface area contributed by atoms with Gasteiger partial charge in [0.25, 0.3) is 0 Å². The van der Waals surface area contributed by atoms with Crippen molar-refractivity contribution in [2.75, 3.05) is 0 Å². The molecule has 0 aromatic heterocycles. The van der Waals surface area contributed by atoms with E-state index < -0.39 is 4.87 Å². The van der Waals surface area contributed by atoms with E-state index in [0.717, 1.165) is 12.0 Å². The van der Waals surface area contributed by atoms with Crippen LogP contribution >= 0.6 is 12.0 Å². The van der Waals surface area contributed by atoms with Crippen molar-refractivity contribution in [2.45, 2.75) is 25.1 Å². The molecule has 0 aliphatic carbocycles. The lowest BCUT2D eigenvalue weighted by Crippen LogP contribution is -2.40. The number of rotatable bonds is 6. The van der Waals surface area contributed by atoms with Gasteiger partial charge in [-0.1, -0.05) is 11.1 Å². The summed E-state index contributed by atoms with van der Waals surface area (Å²) >= 11 is 0.794. The third-order valence-corrected chi connectivity index (χ3v) is 1.69. The molecule has 76 valence electrons. The molecule has 0 saturated carbocycles. The van der Waals surface area contributed by atoms with Gasteiger partial charge in [-0.25, -0.2) is 5.26 Å². The molecule has 0 saturated heterocycles. The normalized spacial score (nSPS) is 11.0. The lowest BCUT2D eigenvalue weighted by Gasteiger charge is -2.22. The zero-order valence-corrected chi connectivity index (χ0v) is 8.39. The van der Waals surface area contributed by atoms with Crippen LogP contribution in [0.3, 0.4) is 0 Å². The summed E-state index contributed by atoms with van der Waals surface area (Å²) in [7, 11) is 0. The van der Waals surface area contributed by atoms with Gasteiger partial charge in [0.05, 0.1) is 12.0 Å². The zero-order chi connectivity index (χ0) is 10.3. The molecule has 0 aromatic rings. The quantitative estimate of drug-likeness (QED) is 0.227. The topological polar surface area (TPSA) is 67.8 Å². The molecule has 0 spiro atoms. The zero-order valence-electron chi connectivity index (χ0n) is 7.57. The minimum absolute atomic E-state index is 0.172. The van der Waals surface area contributed by atoms with E-state index in [9.17, 15) is 4.79 Å². The number of amides is 1. The largest absolute Gasteiger partial charge is 0.340 e. The molecule has 5 nitrogen and oxygen atoms in total. The number of carbonyl (C=O) groups is 1. The molecular weight excluding hydrogens is 194 g/mol. The first-order valence-electron chi connectivity index (χ1n) is 3.59. The standard InChI is InChI=1S/C7H13NO4S/c1-4-5-6(9)8-7(2,3)13-12-11-10/h4,10H,1,5H2,2-3H3,(H,8,9). The predicted molar refractivity (Wildman–Crippen MR) is 49.4 cm³/mol. The third kappa shape index (κ3) is 6.59. The summed E-state index contributed by atoms with van der Waals surface area (Å²) in [6.45, 7) is 6.84. The Hall–Kier alpha value is -0.560. The monoisotopic (exact) mass is 207 g/mol. The maximum atomic E-state index is 11.1. The summed E-state index contributed by atoms with van der Waals surface area (Å²) in [5.74, 6) is -0.172. The maximum absolute atomic E-state index is 11.1. The summed E-state index contributed by atoms with van der Waals surface area (Å²) in [4.78, 5) is 10.4. The van der Waals surface area contributed by atoms with Gasteiger partial charge in [0.15, 0.2) is 0 Å². The van der Waals surface area contributed by atoms with Crippen molar-refractivity contribution in [1.82, 2.24) is 5.32 Å². The van der Waals surface area contributed by atoms with Crippen LogP contribution in [-0.2, 0) is 14.2 Å². The molecule has 0 fully saturated rings. The van der Waals surface area contributed by atoms with Crippen LogP contribution in [-0.4, -0.2) is 16.0 Å². The summed E-state index contributed by atoms with van der Waals surface area (Å²) in [6, 6.07) is 0. The Labute approximate surface area is 81.2 Å². The summed E-state index contributed by atoms with van der Waals surface area (Å²) < 4.78 is 4.21. The number of carbonyl (C=O) groups excluding carboxylic acids is 1. The Morgan fingerprint density at radius 3 is 2.85 bits per heavy atom. The van der Waals surface area contributed by atoms with Gasteiger partial charge in [-0.05, 0) is 13.8 Å². The van der Waals surface area contributed by atoms with E-state index in [1.165, 1.54) is 6.08 Å². The van der Waals surface area contributed by atoms with Crippen molar-refractivity contribution in [3.05, 3.63) is 12.7 Å². The minimum atomic E-state index is -0.664. The van der Waals surface area contributed by atoms with Gasteiger partial charge in [-0.15, -0.1) is 10.9 Å². The van der Waals surface area contributed by atoms with E-state index in [0.29, 0.717) is 0 Å². The summed E-state index contributed by atoms with van der Waals surface area (Å²) in [6.07, 6.45) is 1.74. The molecule has 0 radical (unpaired) electrons. The van der Waals surface area contributed by atoms with Gasteiger partial charge in [0, 0.05) is 6.42 Å². The smallest absolute Gasteiger partial charge is 0.224 e. The highest BCUT2D eigenvalue weighted by atomic mass is 32.2. The minimum Gasteiger partial charge on any atom is -0.340 e. The van der Waals surface area contributed by atoms with E-state index in [1.807, 2.05) is 0 Å². The van der Waals surface area contributed by atoms with E-state index >= 15 is 0 Å². The first kappa shape index (κ1) is 12.4. The maximum Gasteiger partial charge on any atom is 0.224 e. The Kier molecular flexibility index (Phi) is 5.72. The Morgan fingerprint density at radius 1 is 1.77 bits per heavy atom. The van der Waals surface area contributed by atoms with Crippen LogP contribution in [0.25, 0.3) is 0 Å². The van der Waals surface area contributed by atoms with Crippen molar-refractivity contribution >= 4 is 17.9 Å². The van der Waals surface area contributed by atoms with Crippen molar-refractivity contribution in [1.29, 1.82) is 0 Å². The van der Waals surface area contributed by atoms with E-state index in [2.05, 4.69) is 21.3 Å². The van der Waals surface area contributed by atoms with Crippen LogP contribution < -0.4 is 5.32 Å². The lowest BCUT2D eigenvalue weighted by atomic mass is 10.3. The molecule has 13 heavy (non-hydrogen) atoms. The van der Waals surface area contributed by atoms with Crippen molar-refractivity contribution in [3.8, 4) is 0 Å². The molecule has 0 bridgehead atoms. The lowest BCUT2D eigenvalue weighted by molar-refractivity contribution is -0.432. The van der Waals surface area contributed by atoms with Crippen LogP contribution in [0.4, 0.5) is 0 Å². The average Bonchev–Trinajstić information content (AvgIpc) is 2.00. The van der Waals surface area contributed by atoms with Crippen LogP contribution in [0.2, 0.25) is 0 Å². The summed E-state index contributed by atoms with van der Waals surface area (Å²) in [5.41, 5.74) is 0. The number of nitrogens with one attached hydrogen (secondary N) is 1. The van der Waals surface area contributed by atoms with Crippen LogP contribution in [0.5, 0.6) is 0 Å². The number of hydrogen-bond acceptors (Lipinski definition) is 5. The fourth-order valence-corrected chi connectivity index (χ4v) is 0.995. The highest BCUT2D eigenvalue weighted by Gasteiger charge is 2.22. The molecule has 0 aliphatic rings. The van der Waals surface area contributed by atoms with E-state index in [4.69, 9.17) is 5.26 Å². The second-order valence-electron chi connectivity index (χ2n) is 2.78. The molecule has 0 atom stereocenters. The molecule has 0 aliphatic heterocycles. The fourth-order valence-electron chi connectivity index (χ4n) is 0.639. The second-order valence-corrected chi connectivity index (χ2v) is 4.10. The fraction of sp³-hybridized carbons (Fsp3) is 0.571. The molecular formula is C7H13NO4S. The Balaban J connectivity index is 3.85. The highest BCUT2D eigenvalue weighted by Crippen LogP contribution is 2.21. The number of hydrogen-bond donors (Lipinski definition) is 2. The van der Waals surface area contributed by atoms with Crippen molar-refractivity contribution in [2.24, 2.45) is 0 Å². The highest BCUT2D eigenvalue weighted by molar-refractivity contribution is 7.95. The van der Waals surface area contributed by atoms with Gasteiger partial charge >= 0.3 is 0 Å². The van der Waals surface area contributed by atoms with Gasteiger partial charge in [0.1, 0.15) is 4.87 Å². The Bertz CT molecular complexity index is 183. The molecule has 0 heterocycles. The average molecular weight is 207 g/mol. The Morgan fingerprint density at radius 2 is 2.38 bits per heavy atom. The summed E-state index contributed by atoms with van der Waals surface area (Å²) in [5, 5.41) is 13.9. The van der Waals surface area contributed by atoms with Crippen LogP contribution in [0, 0.1) is 0 Å². The molecule has 1 amide bonds. The first-order valence-corrected chi connectivity index (χ1v) is 4.34. The van der Waals surface area contributed by atoms with Crippen LogP contribution in [0.15, 0.2) is 12.7 Å². The third-order valence-electron chi connectivity index (χ3n) is 1.04. The molecule has 6 heteroatoms. The predicted octanol–water partition coefficient (Wildman–Crippen LogP) is 1.48. The molecule has 0 aromatic carbocycles. The van der Waals surface area contributed by atoms with Gasteiger partial charge in [-0.3, -0.25) is 4.79 Å².